The van der Waals surface area contributed by atoms with E-state index in [0.29, 0.717) is 55.3 Å². The third-order valence-corrected chi connectivity index (χ3v) is 12.7. The van der Waals surface area contributed by atoms with Crippen molar-refractivity contribution in [3.63, 3.8) is 0 Å². The van der Waals surface area contributed by atoms with Gasteiger partial charge in [-0.2, -0.15) is 0 Å². The van der Waals surface area contributed by atoms with Crippen molar-refractivity contribution >= 4 is 0 Å². The van der Waals surface area contributed by atoms with Gasteiger partial charge in [0, 0.05) is 25.2 Å². The fourth-order valence-corrected chi connectivity index (χ4v) is 10.1. The molecule has 45 heavy (non-hydrogen) atoms. The topological polar surface area (TPSA) is 118 Å². The number of hydrogen-bond acceptors (Lipinski definition) is 7. The monoisotopic (exact) mass is 637 g/mol. The smallest absolute Gasteiger partial charge is 0.0637 e. The third-order valence-electron chi connectivity index (χ3n) is 12.7. The van der Waals surface area contributed by atoms with E-state index >= 15 is 0 Å². The maximum atomic E-state index is 7.02. The number of ether oxygens (including phenoxy) is 3. The highest BCUT2D eigenvalue weighted by Gasteiger charge is 2.63. The molecule has 0 aromatic rings. The Hall–Kier alpha value is -0.280. The van der Waals surface area contributed by atoms with Gasteiger partial charge in [0.15, 0.2) is 0 Å². The van der Waals surface area contributed by atoms with Gasteiger partial charge in [-0.25, -0.2) is 0 Å². The van der Waals surface area contributed by atoms with Gasteiger partial charge < -0.3 is 36.7 Å². The van der Waals surface area contributed by atoms with Crippen LogP contribution in [0.3, 0.4) is 0 Å². The average Bonchev–Trinajstić information content (AvgIpc) is 3.40. The van der Waals surface area contributed by atoms with Gasteiger partial charge in [-0.3, -0.25) is 0 Å². The fraction of sp³-hybridized carbons (Fsp3) is 1.00. The van der Waals surface area contributed by atoms with E-state index in [4.69, 9.17) is 31.4 Å². The lowest BCUT2D eigenvalue weighted by Gasteiger charge is -2.60. The SMILES string of the molecule is CCCCNCCC[C@@H](C)[C@H]1CC[C@H]2C([C@@H](CC)OCCCN)[C@@H]([C@]3(C)CC[C@H](OCCCN)CC3)C[C@H](OCCCN)C12C. The zero-order valence-electron chi connectivity index (χ0n) is 30.3. The summed E-state index contributed by atoms with van der Waals surface area (Å²) in [6.07, 6.45) is 18.5. The van der Waals surface area contributed by atoms with Crippen molar-refractivity contribution in [2.45, 2.75) is 149 Å². The van der Waals surface area contributed by atoms with Crippen molar-refractivity contribution in [2.75, 3.05) is 52.5 Å². The van der Waals surface area contributed by atoms with E-state index in [2.05, 4.69) is 39.9 Å². The molecule has 7 nitrogen and oxygen atoms in total. The second-order valence-corrected chi connectivity index (χ2v) is 15.6. The van der Waals surface area contributed by atoms with Crippen LogP contribution in [0.1, 0.15) is 131 Å². The molecule has 0 amide bonds. The summed E-state index contributed by atoms with van der Waals surface area (Å²) in [5, 5.41) is 3.68. The molecule has 7 N–H and O–H groups in total. The van der Waals surface area contributed by atoms with E-state index in [1.165, 1.54) is 51.4 Å². The lowest BCUT2D eigenvalue weighted by molar-refractivity contribution is -0.191. The first-order chi connectivity index (χ1) is 21.8. The van der Waals surface area contributed by atoms with Crippen molar-refractivity contribution in [1.82, 2.24) is 5.32 Å². The van der Waals surface area contributed by atoms with Crippen LogP contribution in [0.5, 0.6) is 0 Å². The molecule has 0 heterocycles. The molecule has 2 unspecified atom stereocenters. The van der Waals surface area contributed by atoms with Gasteiger partial charge in [0.2, 0.25) is 0 Å². The Morgan fingerprint density at radius 1 is 0.778 bits per heavy atom. The summed E-state index contributed by atoms with van der Waals surface area (Å²) in [6.45, 7) is 19.1. The molecule has 0 bridgehead atoms. The molecule has 3 saturated carbocycles. The quantitative estimate of drug-likeness (QED) is 0.0928. The van der Waals surface area contributed by atoms with E-state index < -0.39 is 0 Å². The molecule has 0 aliphatic heterocycles. The van der Waals surface area contributed by atoms with Crippen molar-refractivity contribution in [1.29, 1.82) is 0 Å². The summed E-state index contributed by atoms with van der Waals surface area (Å²) in [5.74, 6) is 3.14. The number of rotatable bonds is 23. The van der Waals surface area contributed by atoms with Gasteiger partial charge in [-0.1, -0.05) is 41.0 Å². The molecule has 3 fully saturated rings. The van der Waals surface area contributed by atoms with Crippen molar-refractivity contribution in [2.24, 2.45) is 57.6 Å². The van der Waals surface area contributed by atoms with Crippen LogP contribution < -0.4 is 22.5 Å². The zero-order chi connectivity index (χ0) is 32.7. The number of nitrogens with two attached hydrogens (primary N) is 3. The molecule has 7 heteroatoms. The molecule has 3 aliphatic rings. The van der Waals surface area contributed by atoms with Gasteiger partial charge in [0.05, 0.1) is 18.3 Å². The van der Waals surface area contributed by atoms with Gasteiger partial charge in [-0.15, -0.1) is 0 Å². The lowest BCUT2D eigenvalue weighted by atomic mass is 9.48. The summed E-state index contributed by atoms with van der Waals surface area (Å²) in [7, 11) is 0. The molecular formula is C38H76N4O3. The number of unbranched alkanes of at least 4 members (excludes halogenated alkanes) is 1. The van der Waals surface area contributed by atoms with Crippen LogP contribution in [0.2, 0.25) is 0 Å². The predicted octanol–water partition coefficient (Wildman–Crippen LogP) is 6.65. The van der Waals surface area contributed by atoms with Crippen molar-refractivity contribution in [3.05, 3.63) is 0 Å². The minimum Gasteiger partial charge on any atom is -0.378 e. The second-order valence-electron chi connectivity index (χ2n) is 15.6. The lowest BCUT2D eigenvalue weighted by Crippen LogP contribution is -2.59. The van der Waals surface area contributed by atoms with Crippen molar-refractivity contribution in [3.8, 4) is 0 Å². The Kier molecular flexibility index (Phi) is 17.7. The van der Waals surface area contributed by atoms with E-state index in [9.17, 15) is 0 Å². The second kappa shape index (κ2) is 20.3. The normalized spacial score (nSPS) is 34.9. The molecule has 3 rings (SSSR count). The van der Waals surface area contributed by atoms with Crippen LogP contribution in [0.4, 0.5) is 0 Å². The first kappa shape index (κ1) is 39.2. The average molecular weight is 637 g/mol. The van der Waals surface area contributed by atoms with Gasteiger partial charge >= 0.3 is 0 Å². The summed E-state index contributed by atoms with van der Waals surface area (Å²) in [5.41, 5.74) is 18.1. The Morgan fingerprint density at radius 3 is 2.07 bits per heavy atom. The number of fused-ring (bicyclic) bond motifs is 1. The fourth-order valence-electron chi connectivity index (χ4n) is 10.1. The van der Waals surface area contributed by atoms with Gasteiger partial charge in [0.25, 0.3) is 0 Å². The van der Waals surface area contributed by atoms with Crippen LogP contribution >= 0.6 is 0 Å². The Bertz CT molecular complexity index is 778. The minimum atomic E-state index is 0.161. The molecule has 266 valence electrons. The van der Waals surface area contributed by atoms with Crippen LogP contribution in [-0.2, 0) is 14.2 Å². The van der Waals surface area contributed by atoms with Crippen LogP contribution in [0.15, 0.2) is 0 Å². The Labute approximate surface area is 278 Å². The van der Waals surface area contributed by atoms with E-state index in [1.54, 1.807) is 0 Å². The van der Waals surface area contributed by atoms with E-state index in [-0.39, 0.29) is 23.0 Å². The zero-order valence-corrected chi connectivity index (χ0v) is 30.3. The van der Waals surface area contributed by atoms with Gasteiger partial charge in [0.1, 0.15) is 0 Å². The largest absolute Gasteiger partial charge is 0.378 e. The summed E-state index contributed by atoms with van der Waals surface area (Å²) >= 11 is 0. The summed E-state index contributed by atoms with van der Waals surface area (Å²) in [4.78, 5) is 0. The first-order valence-corrected chi connectivity index (χ1v) is 19.5. The molecule has 0 saturated heterocycles. The molecular weight excluding hydrogens is 560 g/mol. The molecule has 8 atom stereocenters. The molecule has 0 aromatic carbocycles. The van der Waals surface area contributed by atoms with E-state index in [0.717, 1.165) is 77.9 Å². The molecule has 3 aliphatic carbocycles. The maximum absolute atomic E-state index is 7.02. The van der Waals surface area contributed by atoms with Crippen LogP contribution in [-0.4, -0.2) is 70.9 Å². The number of nitrogens with one attached hydrogen (secondary N) is 1. The first-order valence-electron chi connectivity index (χ1n) is 19.5. The summed E-state index contributed by atoms with van der Waals surface area (Å²) in [6, 6.07) is 0. The minimum absolute atomic E-state index is 0.161. The molecule has 0 spiro atoms. The van der Waals surface area contributed by atoms with Gasteiger partial charge in [-0.05, 0) is 158 Å². The summed E-state index contributed by atoms with van der Waals surface area (Å²) < 4.78 is 20.1. The van der Waals surface area contributed by atoms with Crippen LogP contribution in [0, 0.1) is 40.4 Å². The van der Waals surface area contributed by atoms with Crippen molar-refractivity contribution < 1.29 is 14.2 Å². The Balaban J connectivity index is 1.88. The van der Waals surface area contributed by atoms with E-state index in [1.807, 2.05) is 0 Å². The highest BCUT2D eigenvalue weighted by Crippen LogP contribution is 2.66. The maximum Gasteiger partial charge on any atom is 0.0637 e. The molecule has 0 aromatic heterocycles. The standard InChI is InChI=1S/C38H76N4O3/c1-6-8-23-42-24-9-13-29(3)31-14-15-32-36(34(7-2)44-26-11-21-40)33(28-35(38(31,32)5)45-27-12-22-41)37(4)18-16-30(17-19-37)43-25-10-20-39/h29-36,42H,6-28,39-41H2,1-5H3/t29-,30-,31-,32+,33+,34-,35+,36?,37+,38?/m1/s1. The highest BCUT2D eigenvalue weighted by atomic mass is 16.5. The molecule has 0 radical (unpaired) electrons. The number of hydrogen-bond donors (Lipinski definition) is 4. The third kappa shape index (κ3) is 10.4. The van der Waals surface area contributed by atoms with Crippen LogP contribution in [0.25, 0.3) is 0 Å². The predicted molar refractivity (Wildman–Crippen MR) is 189 cm³/mol. The Morgan fingerprint density at radius 2 is 1.42 bits per heavy atom. The highest BCUT2D eigenvalue weighted by molar-refractivity contribution is 5.12.